The summed E-state index contributed by atoms with van der Waals surface area (Å²) in [6.07, 6.45) is 0. The number of sulfonamides is 1. The van der Waals surface area contributed by atoms with Crippen LogP contribution < -0.4 is 10.5 Å². The fraction of sp³-hybridized carbons (Fsp3) is 0. The minimum atomic E-state index is -3.79. The molecule has 1 heterocycles. The van der Waals surface area contributed by atoms with Crippen molar-refractivity contribution >= 4 is 21.8 Å². The second kappa shape index (κ2) is 4.49. The summed E-state index contributed by atoms with van der Waals surface area (Å²) in [5.41, 5.74) is 5.37. The molecule has 2 aromatic rings. The Bertz CT molecular complexity index is 638. The molecule has 0 spiro atoms. The molecule has 1 aromatic heterocycles. The van der Waals surface area contributed by atoms with Gasteiger partial charge < -0.3 is 10.8 Å². The lowest BCUT2D eigenvalue weighted by Gasteiger charge is -2.06. The number of benzene rings is 1. The Morgan fingerprint density at radius 1 is 1.17 bits per heavy atom. The van der Waals surface area contributed by atoms with E-state index in [1.807, 2.05) is 0 Å². The molecule has 2 rings (SSSR count). The second-order valence-corrected chi connectivity index (χ2v) is 5.08. The van der Waals surface area contributed by atoms with Crippen molar-refractivity contribution in [3.63, 3.8) is 0 Å². The minimum Gasteiger partial charge on any atom is -0.493 e. The average molecular weight is 266 g/mol. The van der Waals surface area contributed by atoms with Crippen molar-refractivity contribution in [3.05, 3.63) is 36.4 Å². The van der Waals surface area contributed by atoms with Gasteiger partial charge in [-0.15, -0.1) is 0 Å². The van der Waals surface area contributed by atoms with Crippen LogP contribution in [0.1, 0.15) is 0 Å². The largest absolute Gasteiger partial charge is 0.493 e. The van der Waals surface area contributed by atoms with Gasteiger partial charge in [-0.3, -0.25) is 0 Å². The van der Waals surface area contributed by atoms with Crippen LogP contribution in [0.4, 0.5) is 11.8 Å². The number of rotatable bonds is 3. The van der Waals surface area contributed by atoms with Crippen LogP contribution in [-0.4, -0.2) is 23.5 Å². The lowest BCUT2D eigenvalue weighted by atomic mass is 10.4. The topological polar surface area (TPSA) is 118 Å². The number of nitrogens with two attached hydrogens (primary N) is 1. The molecule has 8 heteroatoms. The average Bonchev–Trinajstić information content (AvgIpc) is 2.28. The summed E-state index contributed by atoms with van der Waals surface area (Å²) >= 11 is 0. The van der Waals surface area contributed by atoms with Gasteiger partial charge in [-0.1, -0.05) is 18.2 Å². The smallest absolute Gasteiger partial charge is 0.264 e. The van der Waals surface area contributed by atoms with E-state index in [0.29, 0.717) is 0 Å². The van der Waals surface area contributed by atoms with Crippen LogP contribution in [-0.2, 0) is 10.0 Å². The molecule has 0 aliphatic carbocycles. The van der Waals surface area contributed by atoms with Gasteiger partial charge in [0.25, 0.3) is 10.0 Å². The predicted molar refractivity (Wildman–Crippen MR) is 65.4 cm³/mol. The molecule has 94 valence electrons. The standard InChI is InChI=1S/C10H10N4O3S/c11-8-6-9(15)13-10(12-8)14-18(16,17)7-4-2-1-3-5-7/h1-6H,(H4,11,12,13,14,15). The highest BCUT2D eigenvalue weighted by Crippen LogP contribution is 2.16. The first kappa shape index (κ1) is 12.1. The summed E-state index contributed by atoms with van der Waals surface area (Å²) in [7, 11) is -3.79. The van der Waals surface area contributed by atoms with E-state index in [9.17, 15) is 13.5 Å². The lowest BCUT2D eigenvalue weighted by Crippen LogP contribution is -2.15. The highest BCUT2D eigenvalue weighted by molar-refractivity contribution is 7.92. The van der Waals surface area contributed by atoms with E-state index in [4.69, 9.17) is 5.73 Å². The van der Waals surface area contributed by atoms with Gasteiger partial charge >= 0.3 is 0 Å². The number of aromatic nitrogens is 2. The van der Waals surface area contributed by atoms with Gasteiger partial charge in [-0.2, -0.15) is 9.97 Å². The molecular formula is C10H10N4O3S. The number of anilines is 2. The van der Waals surface area contributed by atoms with E-state index in [0.717, 1.165) is 6.07 Å². The summed E-state index contributed by atoms with van der Waals surface area (Å²) in [6, 6.07) is 8.84. The predicted octanol–water partition coefficient (Wildman–Crippen LogP) is 0.565. The fourth-order valence-corrected chi connectivity index (χ4v) is 2.24. The maximum Gasteiger partial charge on any atom is 0.264 e. The van der Waals surface area contributed by atoms with E-state index in [1.54, 1.807) is 18.2 Å². The van der Waals surface area contributed by atoms with Crippen LogP contribution in [0.2, 0.25) is 0 Å². The summed E-state index contributed by atoms with van der Waals surface area (Å²) in [6.45, 7) is 0. The molecule has 7 nitrogen and oxygen atoms in total. The fourth-order valence-electron chi connectivity index (χ4n) is 1.28. The van der Waals surface area contributed by atoms with Crippen molar-refractivity contribution in [2.75, 3.05) is 10.5 Å². The first-order valence-corrected chi connectivity index (χ1v) is 6.37. The number of nitrogen functional groups attached to an aromatic ring is 1. The molecule has 0 saturated carbocycles. The SMILES string of the molecule is Nc1cc(O)nc(NS(=O)(=O)c2ccccc2)n1. The van der Waals surface area contributed by atoms with E-state index in [2.05, 4.69) is 14.7 Å². The maximum absolute atomic E-state index is 11.9. The van der Waals surface area contributed by atoms with Crippen molar-refractivity contribution in [2.24, 2.45) is 0 Å². The highest BCUT2D eigenvalue weighted by atomic mass is 32.2. The molecule has 0 fully saturated rings. The monoisotopic (exact) mass is 266 g/mol. The van der Waals surface area contributed by atoms with Gasteiger partial charge in [0.05, 0.1) is 4.90 Å². The Kier molecular flexibility index (Phi) is 3.02. The molecule has 0 amide bonds. The quantitative estimate of drug-likeness (QED) is 0.747. The molecule has 18 heavy (non-hydrogen) atoms. The first-order valence-electron chi connectivity index (χ1n) is 4.89. The molecule has 0 atom stereocenters. The summed E-state index contributed by atoms with van der Waals surface area (Å²) in [4.78, 5) is 7.25. The molecule has 0 aliphatic rings. The zero-order valence-electron chi connectivity index (χ0n) is 9.11. The van der Waals surface area contributed by atoms with Gasteiger partial charge in [0.15, 0.2) is 0 Å². The molecule has 1 aromatic carbocycles. The van der Waals surface area contributed by atoms with E-state index in [-0.39, 0.29) is 16.7 Å². The third kappa shape index (κ3) is 2.66. The lowest BCUT2D eigenvalue weighted by molar-refractivity contribution is 0.453. The molecular weight excluding hydrogens is 256 g/mol. The number of aromatic hydroxyl groups is 1. The number of hydrogen-bond acceptors (Lipinski definition) is 6. The van der Waals surface area contributed by atoms with Gasteiger partial charge in [0.1, 0.15) is 5.82 Å². The molecule has 0 radical (unpaired) electrons. The van der Waals surface area contributed by atoms with E-state index >= 15 is 0 Å². The van der Waals surface area contributed by atoms with Gasteiger partial charge in [0.2, 0.25) is 11.8 Å². The number of nitrogens with zero attached hydrogens (tertiary/aromatic N) is 2. The van der Waals surface area contributed by atoms with Crippen molar-refractivity contribution in [2.45, 2.75) is 4.90 Å². The van der Waals surface area contributed by atoms with Gasteiger partial charge in [0, 0.05) is 6.07 Å². The van der Waals surface area contributed by atoms with E-state index < -0.39 is 15.9 Å². The summed E-state index contributed by atoms with van der Waals surface area (Å²) in [5.74, 6) is -0.724. The van der Waals surface area contributed by atoms with Gasteiger partial charge in [-0.25, -0.2) is 13.1 Å². The van der Waals surface area contributed by atoms with Crippen LogP contribution in [0.15, 0.2) is 41.3 Å². The zero-order chi connectivity index (χ0) is 13.2. The molecule has 0 saturated heterocycles. The summed E-state index contributed by atoms with van der Waals surface area (Å²) in [5, 5.41) is 9.20. The van der Waals surface area contributed by atoms with Gasteiger partial charge in [-0.05, 0) is 12.1 Å². The number of hydrogen-bond donors (Lipinski definition) is 3. The van der Waals surface area contributed by atoms with Crippen LogP contribution in [0.3, 0.4) is 0 Å². The Morgan fingerprint density at radius 2 is 1.83 bits per heavy atom. The van der Waals surface area contributed by atoms with Crippen molar-refractivity contribution < 1.29 is 13.5 Å². The van der Waals surface area contributed by atoms with E-state index in [1.165, 1.54) is 12.1 Å². The number of nitrogens with one attached hydrogen (secondary N) is 1. The molecule has 0 unspecified atom stereocenters. The second-order valence-electron chi connectivity index (χ2n) is 3.39. The first-order chi connectivity index (χ1) is 8.47. The molecule has 0 bridgehead atoms. The Labute approximate surface area is 103 Å². The van der Waals surface area contributed by atoms with Crippen LogP contribution in [0.5, 0.6) is 5.88 Å². The van der Waals surface area contributed by atoms with Crippen LogP contribution >= 0.6 is 0 Å². The highest BCUT2D eigenvalue weighted by Gasteiger charge is 2.15. The van der Waals surface area contributed by atoms with Crippen molar-refractivity contribution in [1.29, 1.82) is 0 Å². The third-order valence-corrected chi connectivity index (χ3v) is 3.36. The van der Waals surface area contributed by atoms with Crippen LogP contribution in [0.25, 0.3) is 0 Å². The Hall–Kier alpha value is -2.35. The van der Waals surface area contributed by atoms with Crippen molar-refractivity contribution in [1.82, 2.24) is 9.97 Å². The van der Waals surface area contributed by atoms with Crippen LogP contribution in [0, 0.1) is 0 Å². The Morgan fingerprint density at radius 3 is 2.44 bits per heavy atom. The Balaban J connectivity index is 2.34. The summed E-state index contributed by atoms with van der Waals surface area (Å²) < 4.78 is 25.9. The normalized spacial score (nSPS) is 11.1. The molecule has 4 N–H and O–H groups in total. The molecule has 0 aliphatic heterocycles. The zero-order valence-corrected chi connectivity index (χ0v) is 9.92. The van der Waals surface area contributed by atoms with Crippen molar-refractivity contribution in [3.8, 4) is 5.88 Å². The third-order valence-electron chi connectivity index (χ3n) is 2.01. The minimum absolute atomic E-state index is 0.0340. The maximum atomic E-state index is 11.9.